The van der Waals surface area contributed by atoms with E-state index in [4.69, 9.17) is 16.3 Å². The standard InChI is InChI=1S/C14H7BrClNO2S/c15-12-5-4-10(20-12)7-11-14(18)19-13(17-11)8-2-1-3-9(16)6-8/h1-7H/b11-7-. The minimum atomic E-state index is -0.454. The summed E-state index contributed by atoms with van der Waals surface area (Å²) >= 11 is 10.8. The van der Waals surface area contributed by atoms with Crippen molar-refractivity contribution < 1.29 is 9.53 Å². The molecule has 20 heavy (non-hydrogen) atoms. The zero-order valence-corrected chi connectivity index (χ0v) is 13.1. The Morgan fingerprint density at radius 2 is 2.15 bits per heavy atom. The maximum Gasteiger partial charge on any atom is 0.363 e. The predicted molar refractivity (Wildman–Crippen MR) is 84.1 cm³/mol. The fourth-order valence-corrected chi connectivity index (χ4v) is 3.25. The molecule has 0 saturated carbocycles. The van der Waals surface area contributed by atoms with Gasteiger partial charge in [-0.2, -0.15) is 0 Å². The van der Waals surface area contributed by atoms with E-state index in [0.29, 0.717) is 10.6 Å². The van der Waals surface area contributed by atoms with E-state index in [1.165, 1.54) is 11.3 Å². The van der Waals surface area contributed by atoms with Crippen molar-refractivity contribution >= 4 is 56.8 Å². The van der Waals surface area contributed by atoms with E-state index in [1.807, 2.05) is 12.1 Å². The monoisotopic (exact) mass is 367 g/mol. The number of carbonyl (C=O) groups is 1. The summed E-state index contributed by atoms with van der Waals surface area (Å²) in [5.41, 5.74) is 0.968. The van der Waals surface area contributed by atoms with Gasteiger partial charge in [0.15, 0.2) is 5.70 Å². The number of cyclic esters (lactones) is 1. The number of thiophene rings is 1. The number of halogens is 2. The molecule has 0 bridgehead atoms. The smallest absolute Gasteiger partial charge is 0.363 e. The van der Waals surface area contributed by atoms with Crippen molar-refractivity contribution in [3.63, 3.8) is 0 Å². The molecule has 100 valence electrons. The molecule has 0 atom stereocenters. The van der Waals surface area contributed by atoms with Gasteiger partial charge in [0.25, 0.3) is 0 Å². The Balaban J connectivity index is 1.94. The van der Waals surface area contributed by atoms with Crippen LogP contribution in [0.4, 0.5) is 0 Å². The van der Waals surface area contributed by atoms with Crippen molar-refractivity contribution in [3.05, 3.63) is 61.3 Å². The molecular weight excluding hydrogens is 362 g/mol. The Morgan fingerprint density at radius 1 is 1.30 bits per heavy atom. The number of nitrogens with zero attached hydrogens (tertiary/aromatic N) is 1. The van der Waals surface area contributed by atoms with E-state index in [2.05, 4.69) is 20.9 Å². The highest BCUT2D eigenvalue weighted by molar-refractivity contribution is 9.11. The van der Waals surface area contributed by atoms with Gasteiger partial charge in [-0.05, 0) is 52.3 Å². The third kappa shape index (κ3) is 2.85. The lowest BCUT2D eigenvalue weighted by Crippen LogP contribution is -2.05. The van der Waals surface area contributed by atoms with Gasteiger partial charge in [0.05, 0.1) is 3.79 Å². The number of carbonyl (C=O) groups excluding carboxylic acids is 1. The molecule has 0 spiro atoms. The van der Waals surface area contributed by atoms with Crippen LogP contribution in [0.15, 0.2) is 50.9 Å². The molecule has 2 heterocycles. The van der Waals surface area contributed by atoms with Gasteiger partial charge in [-0.15, -0.1) is 11.3 Å². The van der Waals surface area contributed by atoms with Crippen LogP contribution in [0.3, 0.4) is 0 Å². The van der Waals surface area contributed by atoms with E-state index in [1.54, 1.807) is 30.3 Å². The average Bonchev–Trinajstić information content (AvgIpc) is 2.97. The molecule has 0 fully saturated rings. The minimum Gasteiger partial charge on any atom is -0.402 e. The predicted octanol–water partition coefficient (Wildman–Crippen LogP) is 4.51. The molecular formula is C14H7BrClNO2S. The van der Waals surface area contributed by atoms with Crippen molar-refractivity contribution in [3.8, 4) is 0 Å². The molecule has 6 heteroatoms. The second kappa shape index (κ2) is 5.52. The van der Waals surface area contributed by atoms with E-state index >= 15 is 0 Å². The second-order valence-corrected chi connectivity index (χ2v) is 6.92. The first-order valence-corrected chi connectivity index (χ1v) is 7.64. The molecule has 1 aliphatic heterocycles. The van der Waals surface area contributed by atoms with Crippen LogP contribution in [-0.4, -0.2) is 11.9 Å². The Labute approximate surface area is 132 Å². The average molecular weight is 369 g/mol. The summed E-state index contributed by atoms with van der Waals surface area (Å²) in [6.45, 7) is 0. The van der Waals surface area contributed by atoms with E-state index in [9.17, 15) is 4.79 Å². The fourth-order valence-electron chi connectivity index (χ4n) is 1.69. The third-order valence-corrected chi connectivity index (χ3v) is 4.37. The van der Waals surface area contributed by atoms with E-state index in [0.717, 1.165) is 8.66 Å². The fraction of sp³-hybridized carbons (Fsp3) is 0. The summed E-state index contributed by atoms with van der Waals surface area (Å²) in [5.74, 6) is -0.177. The van der Waals surface area contributed by atoms with Gasteiger partial charge in [0, 0.05) is 15.5 Å². The van der Waals surface area contributed by atoms with Crippen molar-refractivity contribution in [2.75, 3.05) is 0 Å². The first-order chi connectivity index (χ1) is 9.61. The molecule has 3 rings (SSSR count). The number of benzene rings is 1. The van der Waals surface area contributed by atoms with Crippen LogP contribution in [0.25, 0.3) is 6.08 Å². The highest BCUT2D eigenvalue weighted by Crippen LogP contribution is 2.26. The van der Waals surface area contributed by atoms with Crippen molar-refractivity contribution in [1.29, 1.82) is 0 Å². The topological polar surface area (TPSA) is 38.7 Å². The van der Waals surface area contributed by atoms with Crippen molar-refractivity contribution in [2.45, 2.75) is 0 Å². The Hall–Kier alpha value is -1.43. The van der Waals surface area contributed by atoms with Gasteiger partial charge in [-0.1, -0.05) is 17.7 Å². The second-order valence-electron chi connectivity index (χ2n) is 3.99. The number of hydrogen-bond acceptors (Lipinski definition) is 4. The maximum atomic E-state index is 11.8. The van der Waals surface area contributed by atoms with Gasteiger partial charge in [0.2, 0.25) is 5.90 Å². The van der Waals surface area contributed by atoms with Gasteiger partial charge in [-0.3, -0.25) is 0 Å². The first kappa shape index (κ1) is 13.5. The number of esters is 1. The molecule has 0 radical (unpaired) electrons. The summed E-state index contributed by atoms with van der Waals surface area (Å²) in [4.78, 5) is 17.0. The zero-order valence-electron chi connectivity index (χ0n) is 9.97. The highest BCUT2D eigenvalue weighted by Gasteiger charge is 2.24. The molecule has 1 aliphatic rings. The molecule has 1 aromatic carbocycles. The molecule has 0 saturated heterocycles. The van der Waals surface area contributed by atoms with Gasteiger partial charge in [0.1, 0.15) is 0 Å². The van der Waals surface area contributed by atoms with Gasteiger partial charge >= 0.3 is 5.97 Å². The van der Waals surface area contributed by atoms with Crippen LogP contribution < -0.4 is 0 Å². The Morgan fingerprint density at radius 3 is 2.85 bits per heavy atom. The number of rotatable bonds is 2. The Kier molecular flexibility index (Phi) is 3.74. The highest BCUT2D eigenvalue weighted by atomic mass is 79.9. The first-order valence-electron chi connectivity index (χ1n) is 5.66. The summed E-state index contributed by atoms with van der Waals surface area (Å²) < 4.78 is 6.17. The van der Waals surface area contributed by atoms with Crippen LogP contribution in [-0.2, 0) is 9.53 Å². The van der Waals surface area contributed by atoms with Crippen LogP contribution in [0, 0.1) is 0 Å². The summed E-state index contributed by atoms with van der Waals surface area (Å²) in [6.07, 6.45) is 1.70. The maximum absolute atomic E-state index is 11.8. The van der Waals surface area contributed by atoms with E-state index < -0.39 is 5.97 Å². The van der Waals surface area contributed by atoms with Crippen LogP contribution in [0.2, 0.25) is 5.02 Å². The summed E-state index contributed by atoms with van der Waals surface area (Å²) in [6, 6.07) is 10.9. The van der Waals surface area contributed by atoms with Gasteiger partial charge < -0.3 is 4.74 Å². The lowest BCUT2D eigenvalue weighted by atomic mass is 10.2. The van der Waals surface area contributed by atoms with Crippen molar-refractivity contribution in [2.24, 2.45) is 4.99 Å². The summed E-state index contributed by atoms with van der Waals surface area (Å²) in [5, 5.41) is 0.570. The molecule has 0 unspecified atom stereocenters. The minimum absolute atomic E-state index is 0.277. The number of ether oxygens (including phenoxy) is 1. The Bertz CT molecular complexity index is 751. The molecule has 2 aromatic rings. The lowest BCUT2D eigenvalue weighted by Gasteiger charge is -1.98. The van der Waals surface area contributed by atoms with Crippen LogP contribution in [0.5, 0.6) is 0 Å². The largest absolute Gasteiger partial charge is 0.402 e. The normalized spacial score (nSPS) is 16.4. The van der Waals surface area contributed by atoms with E-state index in [-0.39, 0.29) is 11.6 Å². The lowest BCUT2D eigenvalue weighted by molar-refractivity contribution is -0.129. The molecule has 3 nitrogen and oxygen atoms in total. The molecule has 1 aromatic heterocycles. The number of aliphatic imine (C=N–C) groups is 1. The van der Waals surface area contributed by atoms with Crippen molar-refractivity contribution in [1.82, 2.24) is 0 Å². The van der Waals surface area contributed by atoms with Crippen LogP contribution >= 0.6 is 38.9 Å². The molecule has 0 N–H and O–H groups in total. The SMILES string of the molecule is O=C1OC(c2cccc(Cl)c2)=N/C1=C\c1ccc(Br)s1. The quantitative estimate of drug-likeness (QED) is 0.578. The zero-order chi connectivity index (χ0) is 14.1. The molecule has 0 amide bonds. The third-order valence-electron chi connectivity index (χ3n) is 2.57. The van der Waals surface area contributed by atoms with Crippen LogP contribution in [0.1, 0.15) is 10.4 Å². The van der Waals surface area contributed by atoms with Gasteiger partial charge in [-0.25, -0.2) is 9.79 Å². The number of hydrogen-bond donors (Lipinski definition) is 0. The summed E-state index contributed by atoms with van der Waals surface area (Å²) in [7, 11) is 0. The molecule has 0 aliphatic carbocycles.